The highest BCUT2D eigenvalue weighted by Crippen LogP contribution is 2.42. The number of halogens is 4. The van der Waals surface area contributed by atoms with Crippen LogP contribution < -0.4 is 4.90 Å². The highest BCUT2D eigenvalue weighted by molar-refractivity contribution is 5.68. The average Bonchev–Trinajstić information content (AvgIpc) is 2.96. The van der Waals surface area contributed by atoms with Crippen LogP contribution in [0, 0.1) is 11.2 Å². The van der Waals surface area contributed by atoms with Gasteiger partial charge in [0.1, 0.15) is 5.60 Å². The summed E-state index contributed by atoms with van der Waals surface area (Å²) in [6.07, 6.45) is -1.65. The van der Waals surface area contributed by atoms with E-state index in [9.17, 15) is 22.4 Å². The first-order valence-electron chi connectivity index (χ1n) is 9.34. The number of nitrogens with zero attached hydrogens (tertiary/aromatic N) is 3. The summed E-state index contributed by atoms with van der Waals surface area (Å²) in [5, 5.41) is 0. The van der Waals surface area contributed by atoms with Crippen LogP contribution in [-0.2, 0) is 10.9 Å². The van der Waals surface area contributed by atoms with E-state index in [1.807, 2.05) is 25.7 Å². The number of anilines is 1. The summed E-state index contributed by atoms with van der Waals surface area (Å²) in [6, 6.07) is 0.907. The first-order valence-corrected chi connectivity index (χ1v) is 9.34. The number of hydrogen-bond acceptors (Lipinski definition) is 4. The zero-order valence-corrected chi connectivity index (χ0v) is 16.3. The van der Waals surface area contributed by atoms with E-state index in [1.165, 1.54) is 0 Å². The Morgan fingerprint density at radius 2 is 1.75 bits per heavy atom. The Labute approximate surface area is 161 Å². The summed E-state index contributed by atoms with van der Waals surface area (Å²) >= 11 is 0. The highest BCUT2D eigenvalue weighted by Gasteiger charge is 2.43. The van der Waals surface area contributed by atoms with E-state index in [0.717, 1.165) is 31.5 Å². The molecule has 1 aromatic rings. The molecule has 3 heterocycles. The largest absolute Gasteiger partial charge is 0.444 e. The van der Waals surface area contributed by atoms with Crippen molar-refractivity contribution in [3.8, 4) is 0 Å². The Morgan fingerprint density at radius 3 is 2.29 bits per heavy atom. The van der Waals surface area contributed by atoms with Gasteiger partial charge in [0.2, 0.25) is 0 Å². The molecular formula is C19H25F4N3O2. The lowest BCUT2D eigenvalue weighted by atomic mass is 9.78. The predicted octanol–water partition coefficient (Wildman–Crippen LogP) is 4.47. The van der Waals surface area contributed by atoms with Crippen molar-refractivity contribution in [3.63, 3.8) is 0 Å². The van der Waals surface area contributed by atoms with Crippen molar-refractivity contribution in [2.24, 2.45) is 5.41 Å². The Morgan fingerprint density at radius 1 is 1.14 bits per heavy atom. The van der Waals surface area contributed by atoms with Gasteiger partial charge < -0.3 is 14.5 Å². The molecule has 0 saturated carbocycles. The molecule has 0 aliphatic carbocycles. The number of hydrogen-bond donors (Lipinski definition) is 0. The standard InChI is InChI=1S/C19H25F4N3O2/c1-17(2,3)28-16(27)25-7-4-18(5-8-25)6-9-26(12-18)13-10-14(20)15(24-11-13)19(21,22)23/h10-11H,4-9,12H2,1-3H3. The fourth-order valence-corrected chi connectivity index (χ4v) is 3.86. The zero-order valence-electron chi connectivity index (χ0n) is 16.3. The van der Waals surface area contributed by atoms with Crippen LogP contribution in [0.25, 0.3) is 0 Å². The molecule has 0 atom stereocenters. The lowest BCUT2D eigenvalue weighted by Gasteiger charge is -2.39. The maximum atomic E-state index is 13.8. The number of carbonyl (C=O) groups is 1. The summed E-state index contributed by atoms with van der Waals surface area (Å²) in [5.41, 5.74) is -1.71. The highest BCUT2D eigenvalue weighted by atomic mass is 19.4. The third-order valence-corrected chi connectivity index (χ3v) is 5.37. The molecule has 1 amide bonds. The molecule has 9 heteroatoms. The second-order valence-electron chi connectivity index (χ2n) is 8.66. The van der Waals surface area contributed by atoms with E-state index in [1.54, 1.807) is 4.90 Å². The van der Waals surface area contributed by atoms with Gasteiger partial charge in [-0.1, -0.05) is 0 Å². The van der Waals surface area contributed by atoms with Crippen LogP contribution in [0.3, 0.4) is 0 Å². The van der Waals surface area contributed by atoms with Crippen molar-refractivity contribution < 1.29 is 27.1 Å². The lowest BCUT2D eigenvalue weighted by Crippen LogP contribution is -2.46. The molecule has 0 radical (unpaired) electrons. The Hall–Kier alpha value is -2.06. The van der Waals surface area contributed by atoms with Gasteiger partial charge in [0, 0.05) is 32.2 Å². The molecule has 3 rings (SSSR count). The first kappa shape index (κ1) is 20.7. The molecule has 2 aliphatic heterocycles. The minimum Gasteiger partial charge on any atom is -0.444 e. The van der Waals surface area contributed by atoms with E-state index in [0.29, 0.717) is 31.9 Å². The molecule has 2 fully saturated rings. The lowest BCUT2D eigenvalue weighted by molar-refractivity contribution is -0.143. The molecule has 0 unspecified atom stereocenters. The van der Waals surface area contributed by atoms with Crippen LogP contribution in [0.2, 0.25) is 0 Å². The molecule has 0 bridgehead atoms. The molecule has 5 nitrogen and oxygen atoms in total. The summed E-state index contributed by atoms with van der Waals surface area (Å²) in [4.78, 5) is 19.1. The second kappa shape index (κ2) is 7.08. The summed E-state index contributed by atoms with van der Waals surface area (Å²) < 4.78 is 57.3. The summed E-state index contributed by atoms with van der Waals surface area (Å²) in [7, 11) is 0. The maximum absolute atomic E-state index is 13.8. The third-order valence-electron chi connectivity index (χ3n) is 5.37. The molecule has 1 aromatic heterocycles. The Balaban J connectivity index is 1.62. The van der Waals surface area contributed by atoms with Gasteiger partial charge in [0.25, 0.3) is 0 Å². The van der Waals surface area contributed by atoms with E-state index in [4.69, 9.17) is 4.74 Å². The molecule has 2 aliphatic rings. The van der Waals surface area contributed by atoms with Gasteiger partial charge in [0.15, 0.2) is 11.5 Å². The number of pyridine rings is 1. The molecule has 0 N–H and O–H groups in total. The third kappa shape index (κ3) is 4.50. The topological polar surface area (TPSA) is 45.7 Å². The van der Waals surface area contributed by atoms with E-state index in [2.05, 4.69) is 4.98 Å². The van der Waals surface area contributed by atoms with E-state index < -0.39 is 23.3 Å². The van der Waals surface area contributed by atoms with Crippen molar-refractivity contribution in [1.82, 2.24) is 9.88 Å². The van der Waals surface area contributed by atoms with Gasteiger partial charge >= 0.3 is 12.3 Å². The van der Waals surface area contributed by atoms with Crippen LogP contribution in [0.1, 0.15) is 45.7 Å². The van der Waals surface area contributed by atoms with Gasteiger partial charge in [0.05, 0.1) is 11.9 Å². The number of carbonyl (C=O) groups excluding carboxylic acids is 1. The van der Waals surface area contributed by atoms with Gasteiger partial charge in [-0.2, -0.15) is 13.2 Å². The fourth-order valence-electron chi connectivity index (χ4n) is 3.86. The molecule has 1 spiro atoms. The second-order valence-corrected chi connectivity index (χ2v) is 8.66. The fraction of sp³-hybridized carbons (Fsp3) is 0.684. The smallest absolute Gasteiger partial charge is 0.436 e. The number of piperidine rings is 1. The number of aromatic nitrogens is 1. The SMILES string of the molecule is CC(C)(C)OC(=O)N1CCC2(CC1)CCN(c1cnc(C(F)(F)F)c(F)c1)C2. The van der Waals surface area contributed by atoms with Gasteiger partial charge in [-0.05, 0) is 45.4 Å². The maximum Gasteiger partial charge on any atom is 0.436 e. The molecule has 28 heavy (non-hydrogen) atoms. The van der Waals surface area contributed by atoms with Crippen molar-refractivity contribution >= 4 is 11.8 Å². The summed E-state index contributed by atoms with van der Waals surface area (Å²) in [6.45, 7) is 7.85. The number of amides is 1. The van der Waals surface area contributed by atoms with Crippen LogP contribution in [0.15, 0.2) is 12.3 Å². The molecule has 156 valence electrons. The van der Waals surface area contributed by atoms with E-state index >= 15 is 0 Å². The Bertz CT molecular complexity index is 738. The van der Waals surface area contributed by atoms with Crippen molar-refractivity contribution in [1.29, 1.82) is 0 Å². The predicted molar refractivity (Wildman–Crippen MR) is 95.5 cm³/mol. The normalized spacial score (nSPS) is 20.0. The van der Waals surface area contributed by atoms with Crippen molar-refractivity contribution in [3.05, 3.63) is 23.8 Å². The first-order chi connectivity index (χ1) is 12.9. The average molecular weight is 403 g/mol. The van der Waals surface area contributed by atoms with Crippen molar-refractivity contribution in [2.45, 2.75) is 51.8 Å². The van der Waals surface area contributed by atoms with Crippen LogP contribution in [-0.4, -0.2) is 47.8 Å². The summed E-state index contributed by atoms with van der Waals surface area (Å²) in [5.74, 6) is -1.36. The van der Waals surface area contributed by atoms with Gasteiger partial charge in [-0.15, -0.1) is 0 Å². The number of ether oxygens (including phenoxy) is 1. The molecule has 2 saturated heterocycles. The minimum absolute atomic E-state index is 0.0301. The van der Waals surface area contributed by atoms with E-state index in [-0.39, 0.29) is 11.5 Å². The molecular weight excluding hydrogens is 378 g/mol. The van der Waals surface area contributed by atoms with Gasteiger partial charge in [-0.3, -0.25) is 0 Å². The van der Waals surface area contributed by atoms with Crippen LogP contribution in [0.4, 0.5) is 28.0 Å². The number of rotatable bonds is 1. The monoisotopic (exact) mass is 403 g/mol. The number of alkyl halides is 3. The van der Waals surface area contributed by atoms with Crippen LogP contribution >= 0.6 is 0 Å². The number of likely N-dealkylation sites (tertiary alicyclic amines) is 1. The quantitative estimate of drug-likeness (QED) is 0.650. The Kier molecular flexibility index (Phi) is 5.22. The molecule has 0 aromatic carbocycles. The van der Waals surface area contributed by atoms with Crippen LogP contribution in [0.5, 0.6) is 0 Å². The minimum atomic E-state index is -4.80. The van der Waals surface area contributed by atoms with Crippen molar-refractivity contribution in [2.75, 3.05) is 31.1 Å². The zero-order chi connectivity index (χ0) is 20.7. The van der Waals surface area contributed by atoms with Gasteiger partial charge in [-0.25, -0.2) is 14.2 Å².